The van der Waals surface area contributed by atoms with Gasteiger partial charge in [0.05, 0.1) is 43.5 Å². The van der Waals surface area contributed by atoms with Crippen molar-refractivity contribution < 1.29 is 69.3 Å². The van der Waals surface area contributed by atoms with Gasteiger partial charge in [-0.05, 0) is 307 Å². The van der Waals surface area contributed by atoms with E-state index in [1.165, 1.54) is 66.3 Å². The number of aryl methyl sites for hydroxylation is 12. The highest BCUT2D eigenvalue weighted by Crippen LogP contribution is 2.47. The predicted molar refractivity (Wildman–Crippen MR) is 564 cm³/mol. The predicted octanol–water partition coefficient (Wildman–Crippen LogP) is 33.3. The Labute approximate surface area is 862 Å². The Morgan fingerprint density at radius 3 is 1.23 bits per heavy atom. The van der Waals surface area contributed by atoms with Crippen molar-refractivity contribution in [2.45, 2.75) is 187 Å². The summed E-state index contributed by atoms with van der Waals surface area (Å²) in [6, 6.07) is 69.9. The third-order valence-electron chi connectivity index (χ3n) is 21.6. The lowest BCUT2D eigenvalue weighted by molar-refractivity contribution is -0.274. The van der Waals surface area contributed by atoms with Crippen LogP contribution in [0, 0.1) is 114 Å². The van der Waals surface area contributed by atoms with Crippen LogP contribution in [0.25, 0.3) is 14.5 Å². The van der Waals surface area contributed by atoms with Gasteiger partial charge in [-0.15, -0.1) is 13.2 Å². The van der Waals surface area contributed by atoms with Crippen molar-refractivity contribution in [3.8, 4) is 111 Å². The first-order chi connectivity index (χ1) is 70.6. The second-order valence-electron chi connectivity index (χ2n) is 35.8. The Morgan fingerprint density at radius 2 is 0.784 bits per heavy atom. The fourth-order valence-corrected chi connectivity index (χ4v) is 13.2. The quantitative estimate of drug-likeness (QED) is 0.0426. The number of hydrogen-bond donors (Lipinski definition) is 0. The van der Waals surface area contributed by atoms with Gasteiger partial charge in [0.1, 0.15) is 63.2 Å². The fraction of sp³-hybridized carbons (Fsp3) is 0.244. The van der Waals surface area contributed by atoms with E-state index >= 15 is 0 Å². The minimum Gasteiger partial charge on any atom is -0.493 e. The molecule has 7 aromatic heterocycles. The molecule has 7 heterocycles. The van der Waals surface area contributed by atoms with Gasteiger partial charge in [-0.2, -0.15) is 5.26 Å². The van der Waals surface area contributed by atoms with Gasteiger partial charge in [0.25, 0.3) is 5.92 Å². The number of pyridine rings is 4. The van der Waals surface area contributed by atoms with Crippen LogP contribution in [0.2, 0.25) is 0 Å². The van der Waals surface area contributed by atoms with Crippen LogP contribution in [0.1, 0.15) is 180 Å². The molecule has 1 saturated carbocycles. The molecule has 0 N–H and O–H groups in total. The maximum absolute atomic E-state index is 13.6. The molecule has 0 radical (unpaired) electrons. The van der Waals surface area contributed by atoms with Crippen LogP contribution in [0.15, 0.2) is 286 Å². The minimum atomic E-state index is -4.73. The topological polar surface area (TPSA) is 258 Å². The molecule has 24 nitrogen and oxygen atoms in total. The Morgan fingerprint density at radius 1 is 0.365 bits per heavy atom. The zero-order valence-corrected chi connectivity index (χ0v) is 86.4. The molecule has 758 valence electrons. The molecule has 17 rings (SSSR count). The van der Waals surface area contributed by atoms with Crippen molar-refractivity contribution in [1.82, 2.24) is 49.8 Å². The molecule has 148 heavy (non-hydrogen) atoms. The van der Waals surface area contributed by atoms with Crippen molar-refractivity contribution >= 4 is 17.1 Å². The van der Waals surface area contributed by atoms with Crippen LogP contribution >= 0.6 is 0 Å². The molecular weight excluding hydrogens is 1880 g/mol. The molecule has 0 amide bonds. The van der Waals surface area contributed by atoms with Crippen LogP contribution in [-0.2, 0) is 17.8 Å². The Hall–Kier alpha value is -17.6. The summed E-state index contributed by atoms with van der Waals surface area (Å²) in [5.41, 5.74) is 18.3. The first kappa shape index (κ1) is 112. The van der Waals surface area contributed by atoms with E-state index in [0.717, 1.165) is 115 Å². The molecule has 0 aliphatic heterocycles. The first-order valence-corrected chi connectivity index (χ1v) is 47.4. The number of benzene rings is 9. The summed E-state index contributed by atoms with van der Waals surface area (Å²) in [5, 5.41) is 8.79. The van der Waals surface area contributed by atoms with E-state index in [-0.39, 0.29) is 39.7 Å². The van der Waals surface area contributed by atoms with Crippen molar-refractivity contribution in [1.29, 1.82) is 5.26 Å². The van der Waals surface area contributed by atoms with Crippen LogP contribution in [0.5, 0.6) is 105 Å². The van der Waals surface area contributed by atoms with E-state index in [9.17, 15) is 22.0 Å². The lowest BCUT2D eigenvalue weighted by atomic mass is 9.86. The van der Waals surface area contributed by atoms with Gasteiger partial charge in [0.15, 0.2) is 17.1 Å². The zero-order chi connectivity index (χ0) is 107. The van der Waals surface area contributed by atoms with Crippen LogP contribution in [0.3, 0.4) is 0 Å². The van der Waals surface area contributed by atoms with E-state index < -0.39 is 12.3 Å². The van der Waals surface area contributed by atoms with Gasteiger partial charge in [0, 0.05) is 105 Å². The number of alkyl halides is 5. The summed E-state index contributed by atoms with van der Waals surface area (Å²) in [6.07, 6.45) is 15.5. The molecule has 16 aromatic rings. The number of nitriles is 1. The zero-order valence-electron chi connectivity index (χ0n) is 86.4. The molecule has 1 aliphatic carbocycles. The molecule has 0 saturated heterocycles. The summed E-state index contributed by atoms with van der Waals surface area (Å²) in [4.78, 5) is 51.5. The maximum atomic E-state index is 13.6. The molecule has 29 heteroatoms. The molecule has 0 bridgehead atoms. The van der Waals surface area contributed by atoms with E-state index in [2.05, 4.69) is 149 Å². The molecule has 1 fully saturated rings. The van der Waals surface area contributed by atoms with Crippen molar-refractivity contribution in [2.24, 2.45) is 0 Å². The van der Waals surface area contributed by atoms with Gasteiger partial charge in [-0.25, -0.2) is 73.2 Å². The second-order valence-corrected chi connectivity index (χ2v) is 35.8. The van der Waals surface area contributed by atoms with E-state index in [4.69, 9.17) is 67.6 Å². The summed E-state index contributed by atoms with van der Waals surface area (Å²) in [5.74, 6) is 5.88. The van der Waals surface area contributed by atoms with Gasteiger partial charge in [0.2, 0.25) is 23.5 Å². The second kappa shape index (κ2) is 54.2. The highest BCUT2D eigenvalue weighted by atomic mass is 19.4. The normalized spacial score (nSPS) is 11.0. The van der Waals surface area contributed by atoms with E-state index in [0.29, 0.717) is 88.2 Å². The monoisotopic (exact) mass is 2000 g/mol. The van der Waals surface area contributed by atoms with Crippen molar-refractivity contribution in [3.63, 3.8) is 0 Å². The Balaban J connectivity index is 0.000000173. The summed E-state index contributed by atoms with van der Waals surface area (Å²) >= 11 is 0. The Kier molecular flexibility index (Phi) is 41.2. The number of ether oxygens (including phenoxy) is 10. The average Bonchev–Trinajstić information content (AvgIpc) is 1.61. The molecule has 1 aliphatic rings. The molecular formula is C119H117F5N14O10. The van der Waals surface area contributed by atoms with Gasteiger partial charge in [-0.1, -0.05) is 138 Å². The number of aromatic nitrogens is 10. The van der Waals surface area contributed by atoms with Crippen molar-refractivity contribution in [3.05, 3.63) is 421 Å². The average molecular weight is 2000 g/mol. The number of hydrogen-bond acceptors (Lipinski definition) is 21. The largest absolute Gasteiger partial charge is 0.573 e. The lowest BCUT2D eigenvalue weighted by Gasteiger charge is -2.23. The highest BCUT2D eigenvalue weighted by molar-refractivity contribution is 5.58. The third-order valence-corrected chi connectivity index (χ3v) is 21.6. The smallest absolute Gasteiger partial charge is 0.493 e. The third kappa shape index (κ3) is 37.0. The summed E-state index contributed by atoms with van der Waals surface area (Å²) < 4.78 is 118. The van der Waals surface area contributed by atoms with Crippen LogP contribution < -0.4 is 47.4 Å². The number of nitrogens with zero attached hydrogens (tertiary/aromatic N) is 14. The van der Waals surface area contributed by atoms with Crippen LogP contribution in [0.4, 0.5) is 39.0 Å². The summed E-state index contributed by atoms with van der Waals surface area (Å²) in [6.45, 7) is 60.5. The number of halogens is 5. The SMILES string of the molecule is CCOc1cc(Oc2ncc(C)cn2)ccc1C.Cc1ccc(Oc2ccc(C#N)cc2C(C)(F)F)nc1.Cc1ccc(Oc2ccc(C)c(OC(F)(F)F)c2)nc1.Cc1ccc(Oc2cccc(C)c2C)cc1.Cc1cnc(Oc2cccc(C(C)C)c2)nc1.[C-]#[N+]c1ccc(Oc2ccc(C)cn2)c(C(C)(C)C)c1.[C-]#[N+]c1ccc(Oc2ccc(C)cn2)c(C2CC2)c1.[C-]#[N+]c1ccc(Oc2ncc(C)cn2)cc1CC. The van der Waals surface area contributed by atoms with Crippen molar-refractivity contribution in [2.75, 3.05) is 6.61 Å². The maximum Gasteiger partial charge on any atom is 0.573 e. The first-order valence-electron chi connectivity index (χ1n) is 47.4. The van der Waals surface area contributed by atoms with E-state index in [1.807, 2.05) is 191 Å². The number of rotatable bonds is 23. The standard InChI is InChI=1S/C17H18N2O.C16H14N2O.C15H12F2N2O.C15H16O.C14H12F3NO2.C14H13N3O.C14H16N2O2.C14H16N2O/c1-12-6-9-16(19-11-12)20-15-8-7-13(18-5)10-14(15)17(2,3)4;1-11-3-8-16(18-10-11)19-15-7-6-13(17-2)9-14(15)12-4-5-12;1-10-3-6-14(19-9-10)20-13-5-4-11(8-18)7-12(13)15(2,16)17;1-11-7-9-14(10-8-11)16-15-6-4-5-12(2)13(15)3;1-9-3-6-13(18-8-9)19-11-5-4-10(2)12(7-11)20-14(15,16)17;1-4-11-7-12(5-6-13(11)15-3)18-14-16-8-10(2)9-17-14;1-4-17-13-7-12(6-5-11(13)3)18-14-15-8-10(2)9-16-14;1-10(2)12-5-4-6-13(7-12)17-14-15-8-11(3)9-16-14/h6-11H,1-4H3;3,6-10,12H,4-5H2,1H3;3-7,9H,1-2H3;4-10H,1-3H3;3-8H,1-2H3;5-9H,4H2,1-2H3;5-9H,4H2,1-3H3;4-10H,1-3H3. The summed E-state index contributed by atoms with van der Waals surface area (Å²) in [7, 11) is 0. The van der Waals surface area contributed by atoms with E-state index in [1.54, 1.807) is 117 Å². The molecule has 9 aromatic carbocycles. The molecule has 0 unspecified atom stereocenters. The molecule has 0 spiro atoms. The van der Waals surface area contributed by atoms with Gasteiger partial charge in [-0.3, -0.25) is 0 Å². The van der Waals surface area contributed by atoms with Crippen LogP contribution in [-0.4, -0.2) is 62.8 Å². The van der Waals surface area contributed by atoms with Gasteiger partial charge >= 0.3 is 24.4 Å². The lowest BCUT2D eigenvalue weighted by Crippen LogP contribution is -2.17. The fourth-order valence-electron chi connectivity index (χ4n) is 13.2. The molecule has 0 atom stereocenters. The minimum absolute atomic E-state index is 0.00662. The Bertz CT molecular complexity index is 7090. The highest BCUT2D eigenvalue weighted by Gasteiger charge is 2.33. The van der Waals surface area contributed by atoms with Gasteiger partial charge < -0.3 is 47.4 Å².